The Labute approximate surface area is 127 Å². The van der Waals surface area contributed by atoms with E-state index in [2.05, 4.69) is 5.32 Å². The molecule has 1 saturated carbocycles. The van der Waals surface area contributed by atoms with Crippen LogP contribution in [0, 0.1) is 17.8 Å². The van der Waals surface area contributed by atoms with E-state index < -0.39 is 0 Å². The molecular formula is C16H29N3O2. The number of likely N-dealkylation sites (tertiary alicyclic amines) is 1. The van der Waals surface area contributed by atoms with Crippen LogP contribution in [0.3, 0.4) is 0 Å². The Balaban J connectivity index is 1.79. The molecule has 1 saturated heterocycles. The molecule has 0 aromatic carbocycles. The van der Waals surface area contributed by atoms with Gasteiger partial charge in [0.15, 0.2) is 0 Å². The van der Waals surface area contributed by atoms with Gasteiger partial charge in [0.2, 0.25) is 11.8 Å². The molecule has 0 bridgehead atoms. The minimum Gasteiger partial charge on any atom is -0.359 e. The lowest BCUT2D eigenvalue weighted by Gasteiger charge is -2.34. The second-order valence-corrected chi connectivity index (χ2v) is 6.62. The van der Waals surface area contributed by atoms with Crippen LogP contribution in [0.5, 0.6) is 0 Å². The van der Waals surface area contributed by atoms with Crippen molar-refractivity contribution >= 4 is 11.8 Å². The Morgan fingerprint density at radius 1 is 1.14 bits per heavy atom. The predicted octanol–water partition coefficient (Wildman–Crippen LogP) is 1.13. The summed E-state index contributed by atoms with van der Waals surface area (Å²) in [7, 11) is 1.67. The fraction of sp³-hybridized carbons (Fsp3) is 0.875. The van der Waals surface area contributed by atoms with Crippen molar-refractivity contribution in [2.75, 3.05) is 26.7 Å². The summed E-state index contributed by atoms with van der Waals surface area (Å²) in [4.78, 5) is 26.1. The second-order valence-electron chi connectivity index (χ2n) is 6.62. The van der Waals surface area contributed by atoms with Crippen LogP contribution < -0.4 is 11.1 Å². The van der Waals surface area contributed by atoms with Crippen LogP contribution >= 0.6 is 0 Å². The Hall–Kier alpha value is -1.10. The lowest BCUT2D eigenvalue weighted by Crippen LogP contribution is -2.45. The maximum atomic E-state index is 12.4. The van der Waals surface area contributed by atoms with E-state index in [0.717, 1.165) is 51.6 Å². The van der Waals surface area contributed by atoms with Crippen molar-refractivity contribution in [2.24, 2.45) is 23.5 Å². The molecule has 2 aliphatic rings. The van der Waals surface area contributed by atoms with Gasteiger partial charge in [0.25, 0.3) is 0 Å². The fourth-order valence-corrected chi connectivity index (χ4v) is 3.67. The normalized spacial score (nSPS) is 30.0. The quantitative estimate of drug-likeness (QED) is 0.816. The standard InChI is InChI=1S/C16H29N3O2/c1-18-16(21)14-3-2-8-19(11-14)15(20)9-12-4-6-13(10-17)7-5-12/h12-14H,2-11,17H2,1H3,(H,18,21). The largest absolute Gasteiger partial charge is 0.359 e. The molecule has 0 aromatic rings. The lowest BCUT2D eigenvalue weighted by atomic mass is 9.80. The summed E-state index contributed by atoms with van der Waals surface area (Å²) in [6.45, 7) is 2.18. The number of amides is 2. The van der Waals surface area contributed by atoms with Crippen molar-refractivity contribution in [3.8, 4) is 0 Å². The van der Waals surface area contributed by atoms with Crippen LogP contribution in [0.2, 0.25) is 0 Å². The molecule has 2 amide bonds. The SMILES string of the molecule is CNC(=O)C1CCCN(C(=O)CC2CCC(CN)CC2)C1. The zero-order chi connectivity index (χ0) is 15.2. The number of rotatable bonds is 4. The van der Waals surface area contributed by atoms with Crippen LogP contribution in [0.15, 0.2) is 0 Å². The molecule has 1 aliphatic carbocycles. The average molecular weight is 295 g/mol. The highest BCUT2D eigenvalue weighted by molar-refractivity contribution is 5.81. The molecular weight excluding hydrogens is 266 g/mol. The van der Waals surface area contributed by atoms with Gasteiger partial charge in [-0.2, -0.15) is 0 Å². The first-order valence-electron chi connectivity index (χ1n) is 8.33. The van der Waals surface area contributed by atoms with Gasteiger partial charge in [0, 0.05) is 26.6 Å². The highest BCUT2D eigenvalue weighted by Gasteiger charge is 2.29. The van der Waals surface area contributed by atoms with Crippen molar-refractivity contribution in [3.63, 3.8) is 0 Å². The van der Waals surface area contributed by atoms with Crippen molar-refractivity contribution in [1.82, 2.24) is 10.2 Å². The third kappa shape index (κ3) is 4.43. The van der Waals surface area contributed by atoms with Gasteiger partial charge in [-0.3, -0.25) is 9.59 Å². The molecule has 5 nitrogen and oxygen atoms in total. The van der Waals surface area contributed by atoms with Crippen LogP contribution in [-0.4, -0.2) is 43.4 Å². The van der Waals surface area contributed by atoms with Crippen LogP contribution in [-0.2, 0) is 9.59 Å². The van der Waals surface area contributed by atoms with Gasteiger partial charge in [-0.1, -0.05) is 0 Å². The Morgan fingerprint density at radius 3 is 2.43 bits per heavy atom. The number of nitrogens with two attached hydrogens (primary N) is 1. The van der Waals surface area contributed by atoms with Gasteiger partial charge in [-0.05, 0) is 56.9 Å². The summed E-state index contributed by atoms with van der Waals surface area (Å²) in [5, 5.41) is 2.70. The van der Waals surface area contributed by atoms with Gasteiger partial charge in [0.1, 0.15) is 0 Å². The Morgan fingerprint density at radius 2 is 1.81 bits per heavy atom. The molecule has 3 N–H and O–H groups in total. The minimum atomic E-state index is -0.0272. The van der Waals surface area contributed by atoms with E-state index in [-0.39, 0.29) is 17.7 Å². The summed E-state index contributed by atoms with van der Waals surface area (Å²) in [5.41, 5.74) is 5.71. The molecule has 0 aromatic heterocycles. The number of hydrogen-bond donors (Lipinski definition) is 2. The third-order valence-corrected chi connectivity index (χ3v) is 5.15. The van der Waals surface area contributed by atoms with Gasteiger partial charge in [-0.15, -0.1) is 0 Å². The van der Waals surface area contributed by atoms with Crippen LogP contribution in [0.4, 0.5) is 0 Å². The van der Waals surface area contributed by atoms with E-state index in [1.807, 2.05) is 4.90 Å². The molecule has 1 unspecified atom stereocenters. The zero-order valence-corrected chi connectivity index (χ0v) is 13.1. The van der Waals surface area contributed by atoms with Crippen molar-refractivity contribution in [2.45, 2.75) is 44.9 Å². The van der Waals surface area contributed by atoms with Crippen molar-refractivity contribution in [3.05, 3.63) is 0 Å². The smallest absolute Gasteiger partial charge is 0.224 e. The molecule has 2 fully saturated rings. The van der Waals surface area contributed by atoms with E-state index in [4.69, 9.17) is 5.73 Å². The first kappa shape index (κ1) is 16.3. The second kappa shape index (κ2) is 7.78. The van der Waals surface area contributed by atoms with Gasteiger partial charge in [-0.25, -0.2) is 0 Å². The summed E-state index contributed by atoms with van der Waals surface area (Å²) in [6.07, 6.45) is 7.05. The van der Waals surface area contributed by atoms with Gasteiger partial charge >= 0.3 is 0 Å². The molecule has 120 valence electrons. The molecule has 1 atom stereocenters. The number of carbonyl (C=O) groups is 2. The van der Waals surface area contributed by atoms with E-state index in [1.165, 1.54) is 0 Å². The average Bonchev–Trinajstić information content (AvgIpc) is 2.55. The first-order valence-corrected chi connectivity index (χ1v) is 8.33. The summed E-state index contributed by atoms with van der Waals surface area (Å²) in [5.74, 6) is 1.45. The van der Waals surface area contributed by atoms with Crippen LogP contribution in [0.1, 0.15) is 44.9 Å². The number of nitrogens with zero attached hydrogens (tertiary/aromatic N) is 1. The maximum absolute atomic E-state index is 12.4. The first-order chi connectivity index (χ1) is 10.1. The topological polar surface area (TPSA) is 75.4 Å². The number of hydrogen-bond acceptors (Lipinski definition) is 3. The molecule has 5 heteroatoms. The van der Waals surface area contributed by atoms with Gasteiger partial charge in [0.05, 0.1) is 5.92 Å². The Bertz CT molecular complexity index is 365. The van der Waals surface area contributed by atoms with E-state index >= 15 is 0 Å². The van der Waals surface area contributed by atoms with E-state index in [1.54, 1.807) is 7.05 Å². The minimum absolute atomic E-state index is 0.0272. The van der Waals surface area contributed by atoms with Crippen molar-refractivity contribution < 1.29 is 9.59 Å². The van der Waals surface area contributed by atoms with Gasteiger partial charge < -0.3 is 16.0 Å². The number of nitrogens with one attached hydrogen (secondary N) is 1. The summed E-state index contributed by atoms with van der Waals surface area (Å²) < 4.78 is 0. The molecule has 1 heterocycles. The lowest BCUT2D eigenvalue weighted by molar-refractivity contribution is -0.136. The maximum Gasteiger partial charge on any atom is 0.224 e. The molecule has 0 radical (unpaired) electrons. The van der Waals surface area contributed by atoms with Crippen LogP contribution in [0.25, 0.3) is 0 Å². The molecule has 1 aliphatic heterocycles. The fourth-order valence-electron chi connectivity index (χ4n) is 3.67. The third-order valence-electron chi connectivity index (χ3n) is 5.15. The zero-order valence-electron chi connectivity index (χ0n) is 13.1. The van der Waals surface area contributed by atoms with E-state index in [9.17, 15) is 9.59 Å². The highest BCUT2D eigenvalue weighted by Crippen LogP contribution is 2.31. The van der Waals surface area contributed by atoms with Crippen molar-refractivity contribution in [1.29, 1.82) is 0 Å². The molecule has 2 rings (SSSR count). The molecule has 21 heavy (non-hydrogen) atoms. The monoisotopic (exact) mass is 295 g/mol. The number of piperidine rings is 1. The summed E-state index contributed by atoms with van der Waals surface area (Å²) >= 11 is 0. The predicted molar refractivity (Wildman–Crippen MR) is 82.5 cm³/mol. The summed E-state index contributed by atoms with van der Waals surface area (Å²) in [6, 6.07) is 0. The number of carbonyl (C=O) groups excluding carboxylic acids is 2. The molecule has 0 spiro atoms. The van der Waals surface area contributed by atoms with E-state index in [0.29, 0.717) is 24.8 Å². The highest BCUT2D eigenvalue weighted by atomic mass is 16.2. The Kier molecular flexibility index (Phi) is 6.03.